The molecule has 0 radical (unpaired) electrons. The molecule has 0 fully saturated rings. The Morgan fingerprint density at radius 3 is 2.89 bits per heavy atom. The van der Waals surface area contributed by atoms with Crippen LogP contribution in [0.5, 0.6) is 0 Å². The molecule has 0 aliphatic rings. The van der Waals surface area contributed by atoms with Crippen molar-refractivity contribution in [1.82, 2.24) is 9.78 Å². The lowest BCUT2D eigenvalue weighted by atomic mass is 10.2. The summed E-state index contributed by atoms with van der Waals surface area (Å²) in [4.78, 5) is 12.1. The summed E-state index contributed by atoms with van der Waals surface area (Å²) in [5.41, 5.74) is 0.881. The van der Waals surface area contributed by atoms with Crippen molar-refractivity contribution in [2.45, 2.75) is 0 Å². The Hall–Kier alpha value is -2.07. The van der Waals surface area contributed by atoms with Gasteiger partial charge in [-0.1, -0.05) is 23.7 Å². The zero-order valence-electron chi connectivity index (χ0n) is 9.55. The van der Waals surface area contributed by atoms with Gasteiger partial charge in [0.05, 0.1) is 5.02 Å². The van der Waals surface area contributed by atoms with Crippen molar-refractivity contribution >= 4 is 28.4 Å². The fourth-order valence-electron chi connectivity index (χ4n) is 1.80. The Morgan fingerprint density at radius 1 is 1.39 bits per heavy atom. The zero-order valence-corrected chi connectivity index (χ0v) is 10.3. The third-order valence-corrected chi connectivity index (χ3v) is 2.96. The van der Waals surface area contributed by atoms with E-state index in [2.05, 4.69) is 5.10 Å². The lowest BCUT2D eigenvalue weighted by molar-refractivity contribution is 0.101. The van der Waals surface area contributed by atoms with Crippen LogP contribution in [0.4, 0.5) is 0 Å². The first-order valence-electron chi connectivity index (χ1n) is 5.37. The van der Waals surface area contributed by atoms with Gasteiger partial charge in [-0.05, 0) is 18.2 Å². The summed E-state index contributed by atoms with van der Waals surface area (Å²) in [6, 6.07) is 8.72. The van der Waals surface area contributed by atoms with Gasteiger partial charge in [-0.25, -0.2) is 0 Å². The maximum atomic E-state index is 12.1. The molecule has 0 aliphatic carbocycles. The lowest BCUT2D eigenvalue weighted by Crippen LogP contribution is -2.01. The van der Waals surface area contributed by atoms with E-state index >= 15 is 0 Å². The van der Waals surface area contributed by atoms with Crippen molar-refractivity contribution in [2.75, 3.05) is 0 Å². The van der Waals surface area contributed by atoms with E-state index in [0.717, 1.165) is 5.39 Å². The van der Waals surface area contributed by atoms with Crippen LogP contribution in [0.2, 0.25) is 5.02 Å². The quantitative estimate of drug-likeness (QED) is 0.666. The Morgan fingerprint density at radius 2 is 2.22 bits per heavy atom. The highest BCUT2D eigenvalue weighted by molar-refractivity contribution is 6.35. The maximum absolute atomic E-state index is 12.1. The molecule has 3 rings (SSSR count). The van der Waals surface area contributed by atoms with Crippen molar-refractivity contribution in [3.05, 3.63) is 53.0 Å². The van der Waals surface area contributed by atoms with Crippen molar-refractivity contribution < 1.29 is 9.21 Å². The van der Waals surface area contributed by atoms with Gasteiger partial charge in [0.1, 0.15) is 5.69 Å². The second-order valence-electron chi connectivity index (χ2n) is 3.97. The van der Waals surface area contributed by atoms with Crippen LogP contribution in [0.25, 0.3) is 11.0 Å². The number of aryl methyl sites for hydroxylation is 1. The fraction of sp³-hybridized carbons (Fsp3) is 0.0769. The van der Waals surface area contributed by atoms with Crippen LogP contribution in [0.1, 0.15) is 16.2 Å². The van der Waals surface area contributed by atoms with Crippen LogP contribution in [0.3, 0.4) is 0 Å². The highest BCUT2D eigenvalue weighted by Gasteiger charge is 2.17. The Kier molecular flexibility index (Phi) is 2.45. The predicted molar refractivity (Wildman–Crippen MR) is 67.9 cm³/mol. The molecule has 0 aliphatic heterocycles. The fourth-order valence-corrected chi connectivity index (χ4v) is 2.02. The summed E-state index contributed by atoms with van der Waals surface area (Å²) in [6.07, 6.45) is 1.71. The van der Waals surface area contributed by atoms with Crippen LogP contribution in [0.15, 0.2) is 40.9 Å². The molecule has 0 amide bonds. The second kappa shape index (κ2) is 3.99. The van der Waals surface area contributed by atoms with E-state index in [1.807, 2.05) is 12.1 Å². The lowest BCUT2D eigenvalue weighted by Gasteiger charge is -1.92. The number of ketones is 1. The Balaban J connectivity index is 2.10. The molecule has 0 saturated heterocycles. The molecule has 0 N–H and O–H groups in total. The van der Waals surface area contributed by atoms with Gasteiger partial charge in [-0.15, -0.1) is 0 Å². The Labute approximate surface area is 108 Å². The number of fused-ring (bicyclic) bond motifs is 1. The second-order valence-corrected chi connectivity index (χ2v) is 4.38. The highest BCUT2D eigenvalue weighted by Crippen LogP contribution is 2.27. The van der Waals surface area contributed by atoms with Crippen molar-refractivity contribution in [3.8, 4) is 0 Å². The molecule has 0 unspecified atom stereocenters. The van der Waals surface area contributed by atoms with Gasteiger partial charge in [-0.3, -0.25) is 9.48 Å². The van der Waals surface area contributed by atoms with E-state index in [1.54, 1.807) is 36.1 Å². The van der Waals surface area contributed by atoms with Gasteiger partial charge >= 0.3 is 0 Å². The van der Waals surface area contributed by atoms with E-state index in [1.165, 1.54) is 0 Å². The highest BCUT2D eigenvalue weighted by atomic mass is 35.5. The number of para-hydroxylation sites is 1. The van der Waals surface area contributed by atoms with Crippen LogP contribution >= 0.6 is 11.6 Å². The number of furan rings is 1. The molecule has 1 aromatic carbocycles. The van der Waals surface area contributed by atoms with Crippen LogP contribution in [0, 0.1) is 0 Å². The van der Waals surface area contributed by atoms with Crippen LogP contribution in [-0.2, 0) is 7.05 Å². The molecule has 90 valence electrons. The number of benzene rings is 1. The third kappa shape index (κ3) is 1.71. The van der Waals surface area contributed by atoms with Crippen molar-refractivity contribution in [2.24, 2.45) is 7.05 Å². The number of aromatic nitrogens is 2. The molecule has 2 aromatic heterocycles. The first-order valence-corrected chi connectivity index (χ1v) is 5.75. The first-order chi connectivity index (χ1) is 8.65. The Bertz CT molecular complexity index is 742. The number of nitrogens with zero attached hydrogens (tertiary/aromatic N) is 2. The molecule has 3 aromatic rings. The van der Waals surface area contributed by atoms with Gasteiger partial charge in [-0.2, -0.15) is 5.10 Å². The summed E-state index contributed by atoms with van der Waals surface area (Å²) in [7, 11) is 1.76. The summed E-state index contributed by atoms with van der Waals surface area (Å²) < 4.78 is 7.07. The molecule has 0 atom stereocenters. The van der Waals surface area contributed by atoms with Gasteiger partial charge in [0.2, 0.25) is 5.78 Å². The summed E-state index contributed by atoms with van der Waals surface area (Å²) in [6.45, 7) is 0. The van der Waals surface area contributed by atoms with Gasteiger partial charge in [0.25, 0.3) is 0 Å². The third-order valence-electron chi connectivity index (χ3n) is 2.67. The minimum atomic E-state index is -0.247. The molecule has 5 heteroatoms. The molecule has 2 heterocycles. The van der Waals surface area contributed by atoms with E-state index in [9.17, 15) is 4.79 Å². The summed E-state index contributed by atoms with van der Waals surface area (Å²) in [5, 5.41) is 5.35. The minimum Gasteiger partial charge on any atom is -0.451 e. The maximum Gasteiger partial charge on any atom is 0.248 e. The van der Waals surface area contributed by atoms with E-state index < -0.39 is 0 Å². The SMILES string of the molecule is Cn1ccc(C(=O)c2cc3cccc(Cl)c3o2)n1. The van der Waals surface area contributed by atoms with Crippen LogP contribution in [-0.4, -0.2) is 15.6 Å². The molecule has 0 spiro atoms. The van der Waals surface area contributed by atoms with E-state index in [0.29, 0.717) is 16.3 Å². The number of carbonyl (C=O) groups is 1. The standard InChI is InChI=1S/C13H9ClN2O2/c1-16-6-5-10(15-16)12(17)11-7-8-3-2-4-9(14)13(8)18-11/h2-7H,1H3. The van der Waals surface area contributed by atoms with Gasteiger partial charge < -0.3 is 4.42 Å². The molecular weight excluding hydrogens is 252 g/mol. The van der Waals surface area contributed by atoms with E-state index in [-0.39, 0.29) is 11.5 Å². The van der Waals surface area contributed by atoms with Crippen LogP contribution < -0.4 is 0 Å². The topological polar surface area (TPSA) is 48.0 Å². The van der Waals surface area contributed by atoms with Gasteiger partial charge in [0.15, 0.2) is 11.3 Å². The molecule has 18 heavy (non-hydrogen) atoms. The van der Waals surface area contributed by atoms with E-state index in [4.69, 9.17) is 16.0 Å². The molecule has 0 saturated carbocycles. The molecular formula is C13H9ClN2O2. The van der Waals surface area contributed by atoms with Crippen molar-refractivity contribution in [3.63, 3.8) is 0 Å². The number of carbonyl (C=O) groups excluding carboxylic acids is 1. The molecule has 0 bridgehead atoms. The van der Waals surface area contributed by atoms with Gasteiger partial charge in [0, 0.05) is 18.6 Å². The predicted octanol–water partition coefficient (Wildman–Crippen LogP) is 3.05. The number of halogens is 1. The monoisotopic (exact) mass is 260 g/mol. The average Bonchev–Trinajstić information content (AvgIpc) is 2.95. The number of rotatable bonds is 2. The largest absolute Gasteiger partial charge is 0.451 e. The normalized spacial score (nSPS) is 11.0. The van der Waals surface area contributed by atoms with Crippen molar-refractivity contribution in [1.29, 1.82) is 0 Å². The smallest absolute Gasteiger partial charge is 0.248 e. The number of hydrogen-bond acceptors (Lipinski definition) is 3. The zero-order chi connectivity index (χ0) is 12.7. The first kappa shape index (κ1) is 11.0. The summed E-state index contributed by atoms with van der Waals surface area (Å²) in [5.74, 6) is -0.000309. The number of hydrogen-bond donors (Lipinski definition) is 0. The average molecular weight is 261 g/mol. The summed E-state index contributed by atoms with van der Waals surface area (Å²) >= 11 is 6.00. The minimum absolute atomic E-state index is 0.247. The molecule has 4 nitrogen and oxygen atoms in total.